The molecular formula is C14H9ClFNO3S. The quantitative estimate of drug-likeness (QED) is 0.879. The number of halogens is 2. The van der Waals surface area contributed by atoms with Crippen molar-refractivity contribution in [3.8, 4) is 12.3 Å². The molecule has 1 aromatic heterocycles. The third-order valence-corrected chi connectivity index (χ3v) is 4.33. The minimum absolute atomic E-state index is 0.147. The SMILES string of the molecule is C#CCN(CC(=O)O)C(=O)c1sc2cc(F)ccc2c1Cl. The zero-order valence-corrected chi connectivity index (χ0v) is 12.2. The minimum Gasteiger partial charge on any atom is -0.480 e. The number of aliphatic carboxylic acids is 1. The third kappa shape index (κ3) is 3.15. The summed E-state index contributed by atoms with van der Waals surface area (Å²) in [6.45, 7) is -0.675. The van der Waals surface area contributed by atoms with Crippen LogP contribution in [0.4, 0.5) is 4.39 Å². The number of carbonyl (C=O) groups is 2. The van der Waals surface area contributed by atoms with E-state index in [1.165, 1.54) is 18.2 Å². The number of hydrogen-bond acceptors (Lipinski definition) is 3. The van der Waals surface area contributed by atoms with Crippen LogP contribution < -0.4 is 0 Å². The molecule has 0 saturated carbocycles. The van der Waals surface area contributed by atoms with Gasteiger partial charge in [-0.3, -0.25) is 9.59 Å². The summed E-state index contributed by atoms with van der Waals surface area (Å²) in [4.78, 5) is 24.3. The Morgan fingerprint density at radius 2 is 2.19 bits per heavy atom. The molecule has 21 heavy (non-hydrogen) atoms. The topological polar surface area (TPSA) is 57.6 Å². The van der Waals surface area contributed by atoms with Gasteiger partial charge in [-0.25, -0.2) is 4.39 Å². The maximum atomic E-state index is 13.2. The summed E-state index contributed by atoms with van der Waals surface area (Å²) in [7, 11) is 0. The first-order valence-corrected chi connectivity index (χ1v) is 6.95. The van der Waals surface area contributed by atoms with Crippen molar-refractivity contribution in [1.29, 1.82) is 0 Å². The average Bonchev–Trinajstić information content (AvgIpc) is 2.73. The van der Waals surface area contributed by atoms with Crippen LogP contribution in [-0.4, -0.2) is 35.0 Å². The second-order valence-corrected chi connectivity index (χ2v) is 5.57. The lowest BCUT2D eigenvalue weighted by Gasteiger charge is -2.16. The molecule has 0 aliphatic carbocycles. The Hall–Kier alpha value is -2.10. The van der Waals surface area contributed by atoms with Gasteiger partial charge >= 0.3 is 5.97 Å². The fraction of sp³-hybridized carbons (Fsp3) is 0.143. The molecule has 0 bridgehead atoms. The predicted molar refractivity (Wildman–Crippen MR) is 79.2 cm³/mol. The Labute approximate surface area is 128 Å². The van der Waals surface area contributed by atoms with E-state index in [0.717, 1.165) is 16.2 Å². The number of terminal acetylenes is 1. The number of rotatable bonds is 4. The number of thiophene rings is 1. The molecule has 1 N–H and O–H groups in total. The first kappa shape index (κ1) is 15.3. The van der Waals surface area contributed by atoms with E-state index in [0.29, 0.717) is 10.1 Å². The van der Waals surface area contributed by atoms with Crippen molar-refractivity contribution >= 4 is 44.9 Å². The van der Waals surface area contributed by atoms with Crippen LogP contribution in [0.15, 0.2) is 18.2 Å². The molecule has 0 fully saturated rings. The fourth-order valence-corrected chi connectivity index (χ4v) is 3.30. The molecule has 0 aliphatic rings. The largest absolute Gasteiger partial charge is 0.480 e. The lowest BCUT2D eigenvalue weighted by atomic mass is 10.2. The Bertz CT molecular complexity index is 765. The fourth-order valence-electron chi connectivity index (χ4n) is 1.79. The van der Waals surface area contributed by atoms with Crippen molar-refractivity contribution in [2.75, 3.05) is 13.1 Å². The molecule has 0 radical (unpaired) electrons. The summed E-state index contributed by atoms with van der Waals surface area (Å²) in [6, 6.07) is 3.99. The lowest BCUT2D eigenvalue weighted by Crippen LogP contribution is -2.35. The van der Waals surface area contributed by atoms with E-state index in [9.17, 15) is 14.0 Å². The summed E-state index contributed by atoms with van der Waals surface area (Å²) in [5.41, 5.74) is 0. The molecular weight excluding hydrogens is 317 g/mol. The van der Waals surface area contributed by atoms with Crippen molar-refractivity contribution in [2.45, 2.75) is 0 Å². The Kier molecular flexibility index (Phi) is 4.46. The predicted octanol–water partition coefficient (Wildman–Crippen LogP) is 2.85. The molecule has 1 amide bonds. The maximum absolute atomic E-state index is 13.2. The van der Waals surface area contributed by atoms with Crippen molar-refractivity contribution in [2.24, 2.45) is 0 Å². The average molecular weight is 326 g/mol. The zero-order chi connectivity index (χ0) is 15.6. The number of benzene rings is 1. The van der Waals surface area contributed by atoms with Gasteiger partial charge in [-0.15, -0.1) is 17.8 Å². The van der Waals surface area contributed by atoms with E-state index in [2.05, 4.69) is 5.92 Å². The van der Waals surface area contributed by atoms with Gasteiger partial charge < -0.3 is 10.0 Å². The van der Waals surface area contributed by atoms with Crippen LogP contribution in [-0.2, 0) is 4.79 Å². The molecule has 108 valence electrons. The van der Waals surface area contributed by atoms with Crippen LogP contribution in [0.1, 0.15) is 9.67 Å². The van der Waals surface area contributed by atoms with Gasteiger partial charge in [0.05, 0.1) is 11.6 Å². The van der Waals surface area contributed by atoms with Crippen LogP contribution in [0.25, 0.3) is 10.1 Å². The number of carboxylic acid groups (broad SMARTS) is 1. The molecule has 0 saturated heterocycles. The summed E-state index contributed by atoms with van der Waals surface area (Å²) < 4.78 is 13.7. The van der Waals surface area contributed by atoms with E-state index in [-0.39, 0.29) is 16.4 Å². The van der Waals surface area contributed by atoms with Crippen molar-refractivity contribution in [3.05, 3.63) is 33.9 Å². The first-order valence-electron chi connectivity index (χ1n) is 5.76. The van der Waals surface area contributed by atoms with Gasteiger partial charge in [0.1, 0.15) is 17.2 Å². The van der Waals surface area contributed by atoms with E-state index in [1.807, 2.05) is 0 Å². The second kappa shape index (κ2) is 6.12. The summed E-state index contributed by atoms with van der Waals surface area (Å²) in [5, 5.41) is 9.53. The molecule has 2 aromatic rings. The molecule has 0 aliphatic heterocycles. The molecule has 1 heterocycles. The lowest BCUT2D eigenvalue weighted by molar-refractivity contribution is -0.137. The van der Waals surface area contributed by atoms with Gasteiger partial charge in [0.15, 0.2) is 0 Å². The molecule has 0 atom stereocenters. The van der Waals surface area contributed by atoms with Crippen molar-refractivity contribution in [3.63, 3.8) is 0 Å². The number of fused-ring (bicyclic) bond motifs is 1. The number of amides is 1. The van der Waals surface area contributed by atoms with Crippen LogP contribution in [0.2, 0.25) is 5.02 Å². The van der Waals surface area contributed by atoms with E-state index in [4.69, 9.17) is 23.1 Å². The van der Waals surface area contributed by atoms with E-state index >= 15 is 0 Å². The Balaban J connectivity index is 2.44. The summed E-state index contributed by atoms with van der Waals surface area (Å²) >= 11 is 7.13. The number of hydrogen-bond donors (Lipinski definition) is 1. The molecule has 7 heteroatoms. The monoisotopic (exact) mass is 325 g/mol. The third-order valence-electron chi connectivity index (χ3n) is 2.68. The van der Waals surface area contributed by atoms with E-state index in [1.54, 1.807) is 0 Å². The highest BCUT2D eigenvalue weighted by atomic mass is 35.5. The maximum Gasteiger partial charge on any atom is 0.323 e. The standard InChI is InChI=1S/C14H9ClFNO3S/c1-2-5-17(7-11(18)19)14(20)13-12(15)9-4-3-8(16)6-10(9)21-13/h1,3-4,6H,5,7H2,(H,18,19). The highest BCUT2D eigenvalue weighted by Gasteiger charge is 2.23. The minimum atomic E-state index is -1.18. The molecule has 0 spiro atoms. The highest BCUT2D eigenvalue weighted by Crippen LogP contribution is 2.36. The van der Waals surface area contributed by atoms with E-state index < -0.39 is 24.2 Å². The number of carbonyl (C=O) groups excluding carboxylic acids is 1. The van der Waals surface area contributed by atoms with Crippen LogP contribution in [0.3, 0.4) is 0 Å². The van der Waals surface area contributed by atoms with Crippen LogP contribution in [0, 0.1) is 18.2 Å². The normalized spacial score (nSPS) is 10.3. The van der Waals surface area contributed by atoms with Gasteiger partial charge in [-0.1, -0.05) is 17.5 Å². The highest BCUT2D eigenvalue weighted by molar-refractivity contribution is 7.21. The van der Waals surface area contributed by atoms with Gasteiger partial charge in [-0.05, 0) is 18.2 Å². The Morgan fingerprint density at radius 1 is 1.48 bits per heavy atom. The smallest absolute Gasteiger partial charge is 0.323 e. The summed E-state index contributed by atoms with van der Waals surface area (Å²) in [5.74, 6) is 0.0297. The molecule has 2 rings (SSSR count). The zero-order valence-electron chi connectivity index (χ0n) is 10.6. The van der Waals surface area contributed by atoms with Gasteiger partial charge in [0.2, 0.25) is 0 Å². The van der Waals surface area contributed by atoms with Crippen LogP contribution in [0.5, 0.6) is 0 Å². The Morgan fingerprint density at radius 3 is 2.81 bits per heavy atom. The number of nitrogens with zero attached hydrogens (tertiary/aromatic N) is 1. The van der Waals surface area contributed by atoms with Crippen LogP contribution >= 0.6 is 22.9 Å². The number of carboxylic acids is 1. The van der Waals surface area contributed by atoms with Gasteiger partial charge in [0, 0.05) is 10.1 Å². The molecule has 4 nitrogen and oxygen atoms in total. The molecule has 1 aromatic carbocycles. The molecule has 0 unspecified atom stereocenters. The van der Waals surface area contributed by atoms with Crippen molar-refractivity contribution < 1.29 is 19.1 Å². The summed E-state index contributed by atoms with van der Waals surface area (Å²) in [6.07, 6.45) is 5.14. The first-order chi connectivity index (χ1) is 9.93. The second-order valence-electron chi connectivity index (χ2n) is 4.14. The van der Waals surface area contributed by atoms with Crippen molar-refractivity contribution in [1.82, 2.24) is 4.90 Å². The van der Waals surface area contributed by atoms with Gasteiger partial charge in [0.25, 0.3) is 5.91 Å². The van der Waals surface area contributed by atoms with Gasteiger partial charge in [-0.2, -0.15) is 0 Å².